The van der Waals surface area contributed by atoms with E-state index in [1.165, 1.54) is 0 Å². The highest BCUT2D eigenvalue weighted by molar-refractivity contribution is 7.82. The SMILES string of the molecule is C=NN(C)C(=NC)P(=O)(C1CC1)C1CC1. The Morgan fingerprint density at radius 1 is 1.33 bits per heavy atom. The van der Waals surface area contributed by atoms with E-state index in [9.17, 15) is 4.57 Å². The van der Waals surface area contributed by atoms with Gasteiger partial charge in [0, 0.05) is 32.1 Å². The van der Waals surface area contributed by atoms with Crippen molar-refractivity contribution in [2.24, 2.45) is 10.1 Å². The van der Waals surface area contributed by atoms with Crippen LogP contribution < -0.4 is 0 Å². The minimum Gasteiger partial charge on any atom is -0.315 e. The Morgan fingerprint density at radius 2 is 1.80 bits per heavy atom. The summed E-state index contributed by atoms with van der Waals surface area (Å²) in [7, 11) is 1.21. The topological polar surface area (TPSA) is 45.0 Å². The lowest BCUT2D eigenvalue weighted by atomic mass is 10.9. The van der Waals surface area contributed by atoms with Crippen molar-refractivity contribution in [3.8, 4) is 0 Å². The molecule has 2 aliphatic carbocycles. The summed E-state index contributed by atoms with van der Waals surface area (Å²) in [6.07, 6.45) is 4.38. The average Bonchev–Trinajstić information content (AvgIpc) is 3.08. The van der Waals surface area contributed by atoms with Gasteiger partial charge < -0.3 is 4.57 Å². The number of aliphatic imine (C=N–C) groups is 1. The van der Waals surface area contributed by atoms with Gasteiger partial charge in [-0.1, -0.05) is 0 Å². The summed E-state index contributed by atoms with van der Waals surface area (Å²) in [5.74, 6) is 0. The number of amidine groups is 1. The number of rotatable bonds is 4. The van der Waals surface area contributed by atoms with E-state index in [0.29, 0.717) is 16.9 Å². The van der Waals surface area contributed by atoms with Crippen LogP contribution in [0.1, 0.15) is 25.7 Å². The van der Waals surface area contributed by atoms with Crippen molar-refractivity contribution in [2.45, 2.75) is 37.0 Å². The zero-order valence-corrected chi connectivity index (χ0v) is 10.3. The third-order valence-corrected chi connectivity index (χ3v) is 7.51. The molecule has 0 saturated heterocycles. The highest BCUT2D eigenvalue weighted by atomic mass is 31.2. The lowest BCUT2D eigenvalue weighted by molar-refractivity contribution is 0.540. The van der Waals surface area contributed by atoms with Gasteiger partial charge in [0.25, 0.3) is 0 Å². The van der Waals surface area contributed by atoms with Crippen molar-refractivity contribution in [3.63, 3.8) is 0 Å². The van der Waals surface area contributed by atoms with Crippen LogP contribution in [0.2, 0.25) is 0 Å². The zero-order chi connectivity index (χ0) is 11.1. The van der Waals surface area contributed by atoms with Crippen LogP contribution in [-0.4, -0.2) is 42.7 Å². The molecule has 0 heterocycles. The maximum absolute atomic E-state index is 13.0. The van der Waals surface area contributed by atoms with Gasteiger partial charge in [-0.05, 0) is 25.7 Å². The van der Waals surface area contributed by atoms with Gasteiger partial charge in [0.1, 0.15) is 0 Å². The summed E-state index contributed by atoms with van der Waals surface area (Å²) in [6, 6.07) is 0. The summed E-state index contributed by atoms with van der Waals surface area (Å²) in [5, 5.41) is 5.42. The van der Waals surface area contributed by atoms with Crippen LogP contribution in [0, 0.1) is 0 Å². The standard InChI is InChI=1S/C10H18N3OP/c1-11-10(13(3)12-2)15(14,8-4-5-8)9-6-7-9/h8-9H,2,4-7H2,1,3H3. The van der Waals surface area contributed by atoms with E-state index < -0.39 is 7.14 Å². The minimum absolute atomic E-state index is 0.382. The van der Waals surface area contributed by atoms with E-state index in [4.69, 9.17) is 0 Å². The summed E-state index contributed by atoms with van der Waals surface area (Å²) in [4.78, 5) is 4.20. The molecule has 0 spiro atoms. The highest BCUT2D eigenvalue weighted by Crippen LogP contribution is 2.71. The van der Waals surface area contributed by atoms with Gasteiger partial charge in [0.15, 0.2) is 12.7 Å². The molecule has 0 amide bonds. The van der Waals surface area contributed by atoms with Gasteiger partial charge >= 0.3 is 0 Å². The summed E-state index contributed by atoms with van der Waals surface area (Å²) in [6.45, 7) is 3.48. The molecule has 84 valence electrons. The van der Waals surface area contributed by atoms with E-state index >= 15 is 0 Å². The molecular weight excluding hydrogens is 209 g/mol. The fourth-order valence-corrected chi connectivity index (χ4v) is 6.04. The minimum atomic E-state index is -2.28. The lowest BCUT2D eigenvalue weighted by Gasteiger charge is -2.24. The van der Waals surface area contributed by atoms with Gasteiger partial charge in [-0.2, -0.15) is 5.10 Å². The molecule has 0 aliphatic heterocycles. The largest absolute Gasteiger partial charge is 0.315 e. The first-order valence-corrected chi connectivity index (χ1v) is 7.26. The van der Waals surface area contributed by atoms with Crippen LogP contribution in [0.25, 0.3) is 0 Å². The van der Waals surface area contributed by atoms with Crippen LogP contribution in [0.4, 0.5) is 0 Å². The normalized spacial score (nSPS) is 22.7. The molecule has 0 radical (unpaired) electrons. The molecular formula is C10H18N3OP. The van der Waals surface area contributed by atoms with Crippen molar-refractivity contribution in [3.05, 3.63) is 0 Å². The highest BCUT2D eigenvalue weighted by Gasteiger charge is 2.54. The Bertz CT molecular complexity index is 329. The van der Waals surface area contributed by atoms with Gasteiger partial charge in [-0.3, -0.25) is 4.99 Å². The van der Waals surface area contributed by atoms with Gasteiger partial charge in [0.2, 0.25) is 0 Å². The summed E-state index contributed by atoms with van der Waals surface area (Å²) < 4.78 is 13.0. The maximum atomic E-state index is 13.0. The average molecular weight is 227 g/mol. The molecule has 2 fully saturated rings. The second-order valence-corrected chi connectivity index (χ2v) is 7.64. The van der Waals surface area contributed by atoms with Gasteiger partial charge in [-0.15, -0.1) is 0 Å². The van der Waals surface area contributed by atoms with Crippen LogP contribution in [0.5, 0.6) is 0 Å². The molecule has 2 aliphatic rings. The fraction of sp³-hybridized carbons (Fsp3) is 0.800. The van der Waals surface area contributed by atoms with Gasteiger partial charge in [0.05, 0.1) is 0 Å². The van der Waals surface area contributed by atoms with E-state index in [1.54, 1.807) is 19.1 Å². The zero-order valence-electron chi connectivity index (χ0n) is 9.39. The molecule has 15 heavy (non-hydrogen) atoms. The number of hydrogen-bond donors (Lipinski definition) is 0. The first kappa shape index (κ1) is 10.9. The molecule has 2 saturated carbocycles. The quantitative estimate of drug-likeness (QED) is 0.320. The Hall–Kier alpha value is -0.630. The Morgan fingerprint density at radius 3 is 2.07 bits per heavy atom. The smallest absolute Gasteiger partial charge is 0.181 e. The molecule has 0 unspecified atom stereocenters. The first-order valence-electron chi connectivity index (χ1n) is 5.41. The van der Waals surface area contributed by atoms with Crippen LogP contribution in [-0.2, 0) is 4.57 Å². The molecule has 0 atom stereocenters. The Kier molecular flexibility index (Phi) is 2.72. The molecule has 0 aromatic carbocycles. The molecule has 4 nitrogen and oxygen atoms in total. The van der Waals surface area contributed by atoms with Gasteiger partial charge in [-0.25, -0.2) is 5.01 Å². The second-order valence-electron chi connectivity index (χ2n) is 4.36. The number of nitrogens with zero attached hydrogens (tertiary/aromatic N) is 3. The van der Waals surface area contributed by atoms with Crippen molar-refractivity contribution >= 4 is 19.4 Å². The third kappa shape index (κ3) is 1.76. The molecule has 0 bridgehead atoms. The van der Waals surface area contributed by atoms with E-state index in [0.717, 1.165) is 25.7 Å². The monoisotopic (exact) mass is 227 g/mol. The Balaban J connectivity index is 2.30. The number of hydrazone groups is 1. The summed E-state index contributed by atoms with van der Waals surface area (Å²) in [5.41, 5.74) is 1.45. The van der Waals surface area contributed by atoms with Crippen LogP contribution in [0.3, 0.4) is 0 Å². The van der Waals surface area contributed by atoms with Crippen LogP contribution in [0.15, 0.2) is 10.1 Å². The maximum Gasteiger partial charge on any atom is 0.181 e. The third-order valence-electron chi connectivity index (χ3n) is 3.19. The molecule has 5 heteroatoms. The Labute approximate surface area is 90.8 Å². The van der Waals surface area contributed by atoms with Crippen molar-refractivity contribution < 1.29 is 4.57 Å². The van der Waals surface area contributed by atoms with E-state index in [2.05, 4.69) is 16.8 Å². The van der Waals surface area contributed by atoms with E-state index in [-0.39, 0.29) is 0 Å². The molecule has 2 rings (SSSR count). The van der Waals surface area contributed by atoms with Crippen molar-refractivity contribution in [1.82, 2.24) is 5.01 Å². The van der Waals surface area contributed by atoms with E-state index in [1.807, 2.05) is 0 Å². The predicted octanol–water partition coefficient (Wildman–Crippen LogP) is 2.21. The first-order chi connectivity index (χ1) is 7.14. The predicted molar refractivity (Wildman–Crippen MR) is 64.3 cm³/mol. The molecule has 0 aromatic heterocycles. The second kappa shape index (κ2) is 3.75. The van der Waals surface area contributed by atoms with Crippen molar-refractivity contribution in [1.29, 1.82) is 0 Å². The summed E-state index contributed by atoms with van der Waals surface area (Å²) >= 11 is 0. The fourth-order valence-electron chi connectivity index (χ4n) is 2.13. The van der Waals surface area contributed by atoms with Crippen LogP contribution >= 0.6 is 7.14 Å². The number of hydrogen-bond acceptors (Lipinski definition) is 3. The van der Waals surface area contributed by atoms with Crippen molar-refractivity contribution in [2.75, 3.05) is 14.1 Å². The molecule has 0 N–H and O–H groups in total. The lowest BCUT2D eigenvalue weighted by Crippen LogP contribution is -2.24. The molecule has 0 aromatic rings.